The predicted octanol–water partition coefficient (Wildman–Crippen LogP) is 3.72. The van der Waals surface area contributed by atoms with Crippen LogP contribution in [0, 0.1) is 11.8 Å². The molecule has 178 valence electrons. The molecule has 3 fully saturated rings. The number of rotatable bonds is 5. The highest BCUT2D eigenvalue weighted by atomic mass is 16.2. The first kappa shape index (κ1) is 22.6. The van der Waals surface area contributed by atoms with E-state index >= 15 is 0 Å². The lowest BCUT2D eigenvalue weighted by Crippen LogP contribution is -2.52. The van der Waals surface area contributed by atoms with Crippen molar-refractivity contribution < 1.29 is 14.4 Å². The molecule has 0 aromatic heterocycles. The number of amides is 3. The molecule has 2 N–H and O–H groups in total. The molecule has 2 aliphatic heterocycles. The SMILES string of the molecule is C[C@@H]1CCCC[C@H]1N[C@H]1CCCC[C@@H]1Cc1ccc2c(c1)CN(C1CCC(=O)NC1=O)C2=O. The van der Waals surface area contributed by atoms with Gasteiger partial charge in [0.1, 0.15) is 6.04 Å². The van der Waals surface area contributed by atoms with E-state index in [-0.39, 0.29) is 24.1 Å². The highest BCUT2D eigenvalue weighted by Crippen LogP contribution is 2.33. The first-order valence-electron chi connectivity index (χ1n) is 13.0. The third-order valence-electron chi connectivity index (χ3n) is 8.53. The molecule has 0 bridgehead atoms. The number of carbonyl (C=O) groups excluding carboxylic acids is 3. The Bertz CT molecular complexity index is 929. The maximum atomic E-state index is 13.0. The van der Waals surface area contributed by atoms with Gasteiger partial charge in [0.2, 0.25) is 11.8 Å². The smallest absolute Gasteiger partial charge is 0.255 e. The van der Waals surface area contributed by atoms with Crippen molar-refractivity contribution in [2.45, 2.75) is 102 Å². The summed E-state index contributed by atoms with van der Waals surface area (Å²) in [4.78, 5) is 38.4. The van der Waals surface area contributed by atoms with Gasteiger partial charge in [-0.25, -0.2) is 0 Å². The third kappa shape index (κ3) is 4.72. The zero-order chi connectivity index (χ0) is 22.9. The number of imide groups is 1. The summed E-state index contributed by atoms with van der Waals surface area (Å²) in [6, 6.07) is 6.94. The molecule has 1 aromatic carbocycles. The van der Waals surface area contributed by atoms with Crippen LogP contribution in [0.3, 0.4) is 0 Å². The minimum absolute atomic E-state index is 0.0884. The van der Waals surface area contributed by atoms with Crippen LogP contribution in [0.4, 0.5) is 0 Å². The Kier molecular flexibility index (Phi) is 6.55. The molecule has 3 amide bonds. The Hall–Kier alpha value is -2.21. The number of piperidine rings is 1. The molecule has 0 spiro atoms. The van der Waals surface area contributed by atoms with Crippen molar-refractivity contribution in [2.24, 2.45) is 11.8 Å². The Morgan fingerprint density at radius 3 is 2.52 bits per heavy atom. The van der Waals surface area contributed by atoms with Gasteiger partial charge in [-0.2, -0.15) is 0 Å². The lowest BCUT2D eigenvalue weighted by atomic mass is 9.78. The summed E-state index contributed by atoms with van der Waals surface area (Å²) in [5.41, 5.74) is 3.02. The molecule has 2 heterocycles. The van der Waals surface area contributed by atoms with E-state index in [1.165, 1.54) is 56.9 Å². The van der Waals surface area contributed by atoms with Crippen molar-refractivity contribution >= 4 is 17.7 Å². The lowest BCUT2D eigenvalue weighted by molar-refractivity contribution is -0.136. The minimum atomic E-state index is -0.546. The summed E-state index contributed by atoms with van der Waals surface area (Å²) >= 11 is 0. The van der Waals surface area contributed by atoms with E-state index in [0.717, 1.165) is 17.9 Å². The Morgan fingerprint density at radius 2 is 1.73 bits per heavy atom. The lowest BCUT2D eigenvalue weighted by Gasteiger charge is -2.39. The number of fused-ring (bicyclic) bond motifs is 1. The van der Waals surface area contributed by atoms with Gasteiger partial charge in [-0.1, -0.05) is 44.7 Å². The highest BCUT2D eigenvalue weighted by Gasteiger charge is 2.39. The van der Waals surface area contributed by atoms with Crippen molar-refractivity contribution in [2.75, 3.05) is 0 Å². The Morgan fingerprint density at radius 1 is 0.970 bits per heavy atom. The molecule has 1 saturated heterocycles. The number of benzene rings is 1. The van der Waals surface area contributed by atoms with E-state index < -0.39 is 6.04 Å². The fourth-order valence-electron chi connectivity index (χ4n) is 6.57. The van der Waals surface area contributed by atoms with Crippen LogP contribution >= 0.6 is 0 Å². The Labute approximate surface area is 196 Å². The number of nitrogens with one attached hydrogen (secondary N) is 2. The van der Waals surface area contributed by atoms with Crippen LogP contribution < -0.4 is 10.6 Å². The normalized spacial score (nSPS) is 32.6. The van der Waals surface area contributed by atoms with E-state index in [1.54, 1.807) is 4.90 Å². The zero-order valence-electron chi connectivity index (χ0n) is 19.8. The summed E-state index contributed by atoms with van der Waals surface area (Å²) in [5, 5.41) is 6.44. The van der Waals surface area contributed by atoms with Gasteiger partial charge in [0.05, 0.1) is 0 Å². The van der Waals surface area contributed by atoms with Crippen LogP contribution in [0.25, 0.3) is 0 Å². The molecule has 5 atom stereocenters. The van der Waals surface area contributed by atoms with Crippen molar-refractivity contribution in [1.29, 1.82) is 0 Å². The van der Waals surface area contributed by atoms with E-state index in [2.05, 4.69) is 29.7 Å². The van der Waals surface area contributed by atoms with Gasteiger partial charge in [0.15, 0.2) is 0 Å². The van der Waals surface area contributed by atoms with Gasteiger partial charge < -0.3 is 10.2 Å². The van der Waals surface area contributed by atoms with Crippen LogP contribution in [0.1, 0.15) is 92.6 Å². The van der Waals surface area contributed by atoms with E-state index in [0.29, 0.717) is 36.5 Å². The molecule has 6 heteroatoms. The first-order chi connectivity index (χ1) is 16.0. The van der Waals surface area contributed by atoms with E-state index in [1.807, 2.05) is 6.07 Å². The van der Waals surface area contributed by atoms with Crippen molar-refractivity contribution in [3.05, 3.63) is 34.9 Å². The number of hydrogen-bond acceptors (Lipinski definition) is 4. The van der Waals surface area contributed by atoms with Crippen molar-refractivity contribution in [1.82, 2.24) is 15.5 Å². The van der Waals surface area contributed by atoms with Crippen molar-refractivity contribution in [3.8, 4) is 0 Å². The van der Waals surface area contributed by atoms with Crippen LogP contribution in [0.2, 0.25) is 0 Å². The Balaban J connectivity index is 1.26. The monoisotopic (exact) mass is 451 g/mol. The van der Waals surface area contributed by atoms with E-state index in [4.69, 9.17) is 0 Å². The summed E-state index contributed by atoms with van der Waals surface area (Å²) in [5.74, 6) is 0.719. The van der Waals surface area contributed by atoms with Crippen LogP contribution in [-0.4, -0.2) is 40.7 Å². The molecule has 4 aliphatic rings. The second-order valence-corrected chi connectivity index (χ2v) is 10.8. The molecule has 5 rings (SSSR count). The second-order valence-electron chi connectivity index (χ2n) is 10.8. The zero-order valence-corrected chi connectivity index (χ0v) is 19.8. The summed E-state index contributed by atoms with van der Waals surface area (Å²) in [6.07, 6.45) is 12.3. The molecular weight excluding hydrogens is 414 g/mol. The first-order valence-corrected chi connectivity index (χ1v) is 13.0. The molecule has 33 heavy (non-hydrogen) atoms. The highest BCUT2D eigenvalue weighted by molar-refractivity contribution is 6.05. The average molecular weight is 452 g/mol. The molecule has 1 aromatic rings. The van der Waals surface area contributed by atoms with Crippen molar-refractivity contribution in [3.63, 3.8) is 0 Å². The number of nitrogens with zero attached hydrogens (tertiary/aromatic N) is 1. The van der Waals surface area contributed by atoms with Crippen LogP contribution in [0.15, 0.2) is 18.2 Å². The van der Waals surface area contributed by atoms with Crippen LogP contribution in [0.5, 0.6) is 0 Å². The maximum absolute atomic E-state index is 13.0. The summed E-state index contributed by atoms with van der Waals surface area (Å²) in [6.45, 7) is 2.86. The fourth-order valence-corrected chi connectivity index (χ4v) is 6.57. The molecule has 2 aliphatic carbocycles. The summed E-state index contributed by atoms with van der Waals surface area (Å²) in [7, 11) is 0. The number of hydrogen-bond donors (Lipinski definition) is 2. The van der Waals surface area contributed by atoms with Gasteiger partial charge in [-0.15, -0.1) is 0 Å². The summed E-state index contributed by atoms with van der Waals surface area (Å²) < 4.78 is 0. The minimum Gasteiger partial charge on any atom is -0.322 e. The van der Waals surface area contributed by atoms with Gasteiger partial charge in [-0.3, -0.25) is 19.7 Å². The third-order valence-corrected chi connectivity index (χ3v) is 8.53. The average Bonchev–Trinajstić information content (AvgIpc) is 3.12. The molecule has 2 saturated carbocycles. The topological polar surface area (TPSA) is 78.5 Å². The van der Waals surface area contributed by atoms with Gasteiger partial charge in [0, 0.05) is 30.6 Å². The largest absolute Gasteiger partial charge is 0.322 e. The quantitative estimate of drug-likeness (QED) is 0.669. The fraction of sp³-hybridized carbons (Fsp3) is 0.667. The molecular formula is C27H37N3O3. The van der Waals surface area contributed by atoms with Gasteiger partial charge in [0.25, 0.3) is 5.91 Å². The molecule has 1 unspecified atom stereocenters. The second kappa shape index (κ2) is 9.57. The maximum Gasteiger partial charge on any atom is 0.255 e. The number of carbonyl (C=O) groups is 3. The molecule has 6 nitrogen and oxygen atoms in total. The van der Waals surface area contributed by atoms with E-state index in [9.17, 15) is 14.4 Å². The van der Waals surface area contributed by atoms with Gasteiger partial charge in [-0.05, 0) is 67.6 Å². The van der Waals surface area contributed by atoms with Gasteiger partial charge >= 0.3 is 0 Å². The predicted molar refractivity (Wildman–Crippen MR) is 126 cm³/mol. The standard InChI is InChI=1S/C27H37N3O3/c1-17-6-2-4-8-22(17)28-23-9-5-3-7-19(23)14-18-10-11-21-20(15-18)16-30(27(21)33)24-12-13-25(31)29-26(24)32/h10-11,15,17,19,22-24,28H,2-9,12-14,16H2,1H3,(H,29,31,32)/t17-,19-,22-,23+,24?/m1/s1. The van der Waals surface area contributed by atoms with Crippen LogP contribution in [-0.2, 0) is 22.6 Å². The molecule has 0 radical (unpaired) electrons.